The monoisotopic (exact) mass is 309 g/mol. The molecule has 122 valence electrons. The highest BCUT2D eigenvalue weighted by Crippen LogP contribution is 2.25. The van der Waals surface area contributed by atoms with Crippen molar-refractivity contribution in [3.05, 3.63) is 35.9 Å². The summed E-state index contributed by atoms with van der Waals surface area (Å²) >= 11 is 0. The Bertz CT molecular complexity index is 682. The van der Waals surface area contributed by atoms with Gasteiger partial charge in [0.2, 0.25) is 0 Å². The fourth-order valence-electron chi connectivity index (χ4n) is 4.15. The average molecular weight is 309 g/mol. The van der Waals surface area contributed by atoms with Gasteiger partial charge in [0, 0.05) is 31.1 Å². The van der Waals surface area contributed by atoms with E-state index in [1.165, 1.54) is 49.7 Å². The minimum absolute atomic E-state index is 0.738. The van der Waals surface area contributed by atoms with Gasteiger partial charge in [0.05, 0.1) is 5.52 Å². The van der Waals surface area contributed by atoms with Gasteiger partial charge in [0.25, 0.3) is 0 Å². The quantitative estimate of drug-likeness (QED) is 0.858. The highest BCUT2D eigenvalue weighted by molar-refractivity contribution is 5.81. The smallest absolute Gasteiger partial charge is 0.129 e. The molecule has 4 rings (SSSR count). The number of hydrogen-bond acceptors (Lipinski definition) is 3. The fraction of sp³-hybridized carbons (Fsp3) is 0.550. The lowest BCUT2D eigenvalue weighted by molar-refractivity contribution is 0.133. The lowest BCUT2D eigenvalue weighted by Crippen LogP contribution is -2.55. The van der Waals surface area contributed by atoms with Crippen molar-refractivity contribution < 1.29 is 0 Å². The summed E-state index contributed by atoms with van der Waals surface area (Å²) in [5, 5.41) is 1.27. The van der Waals surface area contributed by atoms with Crippen LogP contribution in [0.3, 0.4) is 0 Å². The molecule has 2 aromatic rings. The molecule has 2 aliphatic rings. The number of piperazine rings is 1. The second kappa shape index (κ2) is 6.48. The number of piperidine rings is 1. The molecule has 0 radical (unpaired) electrons. The van der Waals surface area contributed by atoms with Gasteiger partial charge in [0.1, 0.15) is 5.82 Å². The second-order valence-electron chi connectivity index (χ2n) is 7.08. The molecule has 1 atom stereocenters. The average Bonchev–Trinajstić information content (AvgIpc) is 2.61. The van der Waals surface area contributed by atoms with Crippen LogP contribution in [0.4, 0.5) is 5.82 Å². The van der Waals surface area contributed by atoms with E-state index in [1.54, 1.807) is 0 Å². The van der Waals surface area contributed by atoms with Gasteiger partial charge in [-0.05, 0) is 55.6 Å². The van der Waals surface area contributed by atoms with Crippen molar-refractivity contribution in [2.45, 2.75) is 45.1 Å². The van der Waals surface area contributed by atoms with E-state index in [4.69, 9.17) is 4.98 Å². The number of benzene rings is 1. The number of hydrogen-bond donors (Lipinski definition) is 0. The van der Waals surface area contributed by atoms with Crippen LogP contribution in [0.2, 0.25) is 0 Å². The standard InChI is InChI=1S/C20H27N3/c1-2-5-16-7-9-19-17(14-16)8-10-20(21-19)23-13-12-22-11-4-3-6-18(22)15-23/h7-10,14,18H,2-6,11-13,15H2,1H3/t18-/m1/s1. The maximum Gasteiger partial charge on any atom is 0.129 e. The summed E-state index contributed by atoms with van der Waals surface area (Å²) in [6.07, 6.45) is 6.47. The van der Waals surface area contributed by atoms with Crippen LogP contribution in [0.15, 0.2) is 30.3 Å². The van der Waals surface area contributed by atoms with E-state index in [9.17, 15) is 0 Å². The molecule has 3 heteroatoms. The number of pyridine rings is 1. The molecule has 2 saturated heterocycles. The molecule has 0 spiro atoms. The first-order valence-electron chi connectivity index (χ1n) is 9.22. The Kier molecular flexibility index (Phi) is 4.21. The van der Waals surface area contributed by atoms with Gasteiger partial charge in [-0.2, -0.15) is 0 Å². The molecule has 3 nitrogen and oxygen atoms in total. The van der Waals surface area contributed by atoms with Crippen LogP contribution in [0.1, 0.15) is 38.2 Å². The van der Waals surface area contributed by atoms with E-state index in [-0.39, 0.29) is 0 Å². The Morgan fingerprint density at radius 2 is 2.04 bits per heavy atom. The van der Waals surface area contributed by atoms with Crippen LogP contribution < -0.4 is 4.90 Å². The number of nitrogens with zero attached hydrogens (tertiary/aromatic N) is 3. The number of fused-ring (bicyclic) bond motifs is 2. The van der Waals surface area contributed by atoms with Crippen LogP contribution >= 0.6 is 0 Å². The first-order valence-corrected chi connectivity index (χ1v) is 9.22. The zero-order valence-corrected chi connectivity index (χ0v) is 14.2. The van der Waals surface area contributed by atoms with E-state index in [1.807, 2.05) is 0 Å². The molecule has 1 aromatic carbocycles. The van der Waals surface area contributed by atoms with Crippen molar-refractivity contribution >= 4 is 16.7 Å². The summed E-state index contributed by atoms with van der Waals surface area (Å²) in [6, 6.07) is 11.9. The molecule has 23 heavy (non-hydrogen) atoms. The maximum atomic E-state index is 4.95. The van der Waals surface area contributed by atoms with Gasteiger partial charge in [-0.1, -0.05) is 25.8 Å². The Morgan fingerprint density at radius 1 is 1.09 bits per heavy atom. The number of rotatable bonds is 3. The largest absolute Gasteiger partial charge is 0.354 e. The van der Waals surface area contributed by atoms with Crippen molar-refractivity contribution in [1.29, 1.82) is 0 Å². The molecule has 3 heterocycles. The summed E-state index contributed by atoms with van der Waals surface area (Å²) in [4.78, 5) is 10.1. The fourth-order valence-corrected chi connectivity index (χ4v) is 4.15. The first-order chi connectivity index (χ1) is 11.3. The molecule has 0 amide bonds. The minimum Gasteiger partial charge on any atom is -0.354 e. The van der Waals surface area contributed by atoms with Gasteiger partial charge in [0.15, 0.2) is 0 Å². The van der Waals surface area contributed by atoms with Crippen LogP contribution in [0.5, 0.6) is 0 Å². The van der Waals surface area contributed by atoms with E-state index in [0.29, 0.717) is 0 Å². The molecule has 0 aliphatic carbocycles. The zero-order chi connectivity index (χ0) is 15.6. The summed E-state index contributed by atoms with van der Waals surface area (Å²) in [5.41, 5.74) is 2.55. The Morgan fingerprint density at radius 3 is 2.96 bits per heavy atom. The lowest BCUT2D eigenvalue weighted by Gasteiger charge is -2.44. The molecular weight excluding hydrogens is 282 g/mol. The van der Waals surface area contributed by atoms with Crippen LogP contribution in [0.25, 0.3) is 10.9 Å². The van der Waals surface area contributed by atoms with E-state index in [0.717, 1.165) is 36.9 Å². The second-order valence-corrected chi connectivity index (χ2v) is 7.08. The Labute approximate surface area is 139 Å². The topological polar surface area (TPSA) is 19.4 Å². The van der Waals surface area contributed by atoms with Gasteiger partial charge in [-0.15, -0.1) is 0 Å². The summed E-state index contributed by atoms with van der Waals surface area (Å²) < 4.78 is 0. The van der Waals surface area contributed by atoms with Crippen molar-refractivity contribution in [3.63, 3.8) is 0 Å². The molecule has 0 N–H and O–H groups in total. The van der Waals surface area contributed by atoms with Crippen LogP contribution in [0, 0.1) is 0 Å². The molecule has 2 aliphatic heterocycles. The third-order valence-corrected chi connectivity index (χ3v) is 5.44. The highest BCUT2D eigenvalue weighted by Gasteiger charge is 2.29. The predicted octanol–water partition coefficient (Wildman–Crippen LogP) is 3.86. The Balaban J connectivity index is 1.55. The third-order valence-electron chi connectivity index (χ3n) is 5.44. The van der Waals surface area contributed by atoms with Gasteiger partial charge < -0.3 is 4.90 Å². The number of anilines is 1. The van der Waals surface area contributed by atoms with E-state index >= 15 is 0 Å². The first kappa shape index (κ1) is 14.9. The van der Waals surface area contributed by atoms with Gasteiger partial charge in [-0.25, -0.2) is 4.98 Å². The van der Waals surface area contributed by atoms with Gasteiger partial charge in [-0.3, -0.25) is 4.90 Å². The van der Waals surface area contributed by atoms with E-state index < -0.39 is 0 Å². The SMILES string of the molecule is CCCc1ccc2nc(N3CCN4CCCC[C@@H]4C3)ccc2c1. The normalized spacial score (nSPS) is 22.3. The Hall–Kier alpha value is -1.61. The van der Waals surface area contributed by atoms with Gasteiger partial charge >= 0.3 is 0 Å². The molecule has 0 unspecified atom stereocenters. The van der Waals surface area contributed by atoms with Crippen molar-refractivity contribution in [3.8, 4) is 0 Å². The lowest BCUT2D eigenvalue weighted by atomic mass is 9.99. The number of aromatic nitrogens is 1. The minimum atomic E-state index is 0.738. The van der Waals surface area contributed by atoms with Crippen molar-refractivity contribution in [2.75, 3.05) is 31.1 Å². The summed E-state index contributed by atoms with van der Waals surface area (Å²) in [6.45, 7) is 6.98. The van der Waals surface area contributed by atoms with Crippen LogP contribution in [-0.4, -0.2) is 42.1 Å². The molecule has 2 fully saturated rings. The van der Waals surface area contributed by atoms with Crippen molar-refractivity contribution in [1.82, 2.24) is 9.88 Å². The third kappa shape index (κ3) is 3.07. The zero-order valence-electron chi connectivity index (χ0n) is 14.2. The molecule has 0 bridgehead atoms. The molecular formula is C20H27N3. The summed E-state index contributed by atoms with van der Waals surface area (Å²) in [7, 11) is 0. The predicted molar refractivity (Wildman–Crippen MR) is 97.2 cm³/mol. The molecule has 1 aromatic heterocycles. The molecule has 0 saturated carbocycles. The van der Waals surface area contributed by atoms with Crippen molar-refractivity contribution in [2.24, 2.45) is 0 Å². The summed E-state index contributed by atoms with van der Waals surface area (Å²) in [5.74, 6) is 1.16. The number of aryl methyl sites for hydroxylation is 1. The highest BCUT2D eigenvalue weighted by atomic mass is 15.3. The maximum absolute atomic E-state index is 4.95. The van der Waals surface area contributed by atoms with Crippen LogP contribution in [-0.2, 0) is 6.42 Å². The van der Waals surface area contributed by atoms with E-state index in [2.05, 4.69) is 47.1 Å².